The average molecular weight is 514 g/mol. The number of nitrogens with zero attached hydrogens (tertiary/aromatic N) is 2. The molecule has 0 unspecified atom stereocenters. The first kappa shape index (κ1) is 26.9. The van der Waals surface area contributed by atoms with Crippen LogP contribution in [0, 0.1) is 17.3 Å². The van der Waals surface area contributed by atoms with Crippen LogP contribution in [0.15, 0.2) is 24.3 Å². The fourth-order valence-electron chi connectivity index (χ4n) is 5.00. The molecule has 0 aromatic heterocycles. The molecule has 0 aliphatic carbocycles. The van der Waals surface area contributed by atoms with E-state index in [9.17, 15) is 23.1 Å². The number of rotatable bonds is 6. The van der Waals surface area contributed by atoms with Crippen molar-refractivity contribution in [2.45, 2.75) is 52.2 Å². The molecular formula is C24H36ClN3O5S. The molecule has 2 N–H and O–H groups in total. The first-order chi connectivity index (χ1) is 15.7. The number of piperidine rings is 1. The minimum absolute atomic E-state index is 0.133. The van der Waals surface area contributed by atoms with E-state index in [1.54, 1.807) is 17.0 Å². The summed E-state index contributed by atoms with van der Waals surface area (Å²) in [6, 6.07) is 6.42. The van der Waals surface area contributed by atoms with E-state index in [4.69, 9.17) is 11.6 Å². The van der Waals surface area contributed by atoms with E-state index in [-0.39, 0.29) is 24.3 Å². The zero-order chi connectivity index (χ0) is 25.5. The third-order valence-corrected chi connectivity index (χ3v) is 8.83. The predicted octanol–water partition coefficient (Wildman–Crippen LogP) is 2.21. The van der Waals surface area contributed by atoms with E-state index in [2.05, 4.69) is 5.32 Å². The minimum atomic E-state index is -3.35. The molecule has 2 aliphatic heterocycles. The molecule has 3 rings (SSSR count). The maximum Gasteiger partial charge on any atom is 0.245 e. The highest BCUT2D eigenvalue weighted by atomic mass is 35.5. The van der Waals surface area contributed by atoms with Crippen molar-refractivity contribution in [3.8, 4) is 0 Å². The second-order valence-corrected chi connectivity index (χ2v) is 13.0. The van der Waals surface area contributed by atoms with E-state index in [0.29, 0.717) is 37.5 Å². The lowest BCUT2D eigenvalue weighted by Crippen LogP contribution is -2.60. The zero-order valence-corrected chi connectivity index (χ0v) is 22.1. The lowest BCUT2D eigenvalue weighted by Gasteiger charge is -2.51. The van der Waals surface area contributed by atoms with Crippen LogP contribution in [-0.4, -0.2) is 73.0 Å². The summed E-state index contributed by atoms with van der Waals surface area (Å²) in [5.74, 6) is -1.11. The van der Waals surface area contributed by atoms with Gasteiger partial charge in [0.15, 0.2) is 0 Å². The van der Waals surface area contributed by atoms with Crippen molar-refractivity contribution >= 4 is 33.4 Å². The Hall–Kier alpha value is -1.68. The number of likely N-dealkylation sites (tertiary alicyclic amines) is 1. The van der Waals surface area contributed by atoms with Crippen LogP contribution in [0.25, 0.3) is 0 Å². The van der Waals surface area contributed by atoms with Gasteiger partial charge in [-0.25, -0.2) is 12.7 Å². The van der Waals surface area contributed by atoms with Gasteiger partial charge in [0.05, 0.1) is 17.8 Å². The van der Waals surface area contributed by atoms with Crippen LogP contribution >= 0.6 is 11.6 Å². The molecule has 3 atom stereocenters. The number of aliphatic hydroxyl groups is 1. The monoisotopic (exact) mass is 513 g/mol. The van der Waals surface area contributed by atoms with E-state index in [1.807, 2.05) is 39.8 Å². The largest absolute Gasteiger partial charge is 0.384 e. The molecule has 8 nitrogen and oxygen atoms in total. The Labute approximate surface area is 207 Å². The van der Waals surface area contributed by atoms with Gasteiger partial charge in [0.1, 0.15) is 6.04 Å². The zero-order valence-electron chi connectivity index (χ0n) is 20.5. The lowest BCUT2D eigenvalue weighted by molar-refractivity contribution is -0.157. The molecule has 2 fully saturated rings. The van der Waals surface area contributed by atoms with Gasteiger partial charge in [0, 0.05) is 36.6 Å². The molecule has 0 spiro atoms. The molecule has 0 radical (unpaired) electrons. The van der Waals surface area contributed by atoms with Crippen molar-refractivity contribution in [2.24, 2.45) is 17.3 Å². The van der Waals surface area contributed by atoms with Crippen LogP contribution in [-0.2, 0) is 25.2 Å². The van der Waals surface area contributed by atoms with Crippen molar-refractivity contribution in [3.05, 3.63) is 34.9 Å². The van der Waals surface area contributed by atoms with Gasteiger partial charge in [0.25, 0.3) is 0 Å². The van der Waals surface area contributed by atoms with E-state index >= 15 is 0 Å². The van der Waals surface area contributed by atoms with Gasteiger partial charge in [-0.1, -0.05) is 51.4 Å². The summed E-state index contributed by atoms with van der Waals surface area (Å²) < 4.78 is 24.9. The second-order valence-electron chi connectivity index (χ2n) is 10.6. The molecule has 190 valence electrons. The molecule has 2 saturated heterocycles. The van der Waals surface area contributed by atoms with Crippen molar-refractivity contribution in [1.82, 2.24) is 14.5 Å². The summed E-state index contributed by atoms with van der Waals surface area (Å²) in [4.78, 5) is 28.1. The maximum absolute atomic E-state index is 13.5. The number of hydrogen-bond acceptors (Lipinski definition) is 5. The Kier molecular flexibility index (Phi) is 7.73. The van der Waals surface area contributed by atoms with Gasteiger partial charge >= 0.3 is 0 Å². The number of halogens is 1. The van der Waals surface area contributed by atoms with E-state index < -0.39 is 33.0 Å². The summed E-state index contributed by atoms with van der Waals surface area (Å²) in [5.41, 5.74) is -0.995. The van der Waals surface area contributed by atoms with Crippen molar-refractivity contribution in [3.63, 3.8) is 0 Å². The standard InChI is InChI=1S/C24H36ClN3O5S/c1-16(2)20(26-21(29)17-10-12-28(14-17)34(5,32)33)22(30)27-13-11-24(31,23(3,4)15-27)18-6-8-19(25)9-7-18/h6-9,16-17,20,31H,10-15H2,1-5H3,(H,26,29)/t17-,20-,24+/m1/s1. The molecule has 2 heterocycles. The summed E-state index contributed by atoms with van der Waals surface area (Å²) in [6.45, 7) is 8.74. The predicted molar refractivity (Wildman–Crippen MR) is 132 cm³/mol. The highest BCUT2D eigenvalue weighted by Crippen LogP contribution is 2.46. The Morgan fingerprint density at radius 3 is 2.29 bits per heavy atom. The number of hydrogen-bond donors (Lipinski definition) is 2. The smallest absolute Gasteiger partial charge is 0.245 e. The summed E-state index contributed by atoms with van der Waals surface area (Å²) >= 11 is 6.01. The Morgan fingerprint density at radius 1 is 1.18 bits per heavy atom. The maximum atomic E-state index is 13.5. The van der Waals surface area contributed by atoms with Crippen molar-refractivity contribution in [2.75, 3.05) is 32.4 Å². The van der Waals surface area contributed by atoms with Crippen molar-refractivity contribution in [1.29, 1.82) is 0 Å². The van der Waals surface area contributed by atoms with Gasteiger partial charge in [-0.15, -0.1) is 0 Å². The number of nitrogens with one attached hydrogen (secondary N) is 1. The van der Waals surface area contributed by atoms with Crippen molar-refractivity contribution < 1.29 is 23.1 Å². The molecule has 2 amide bonds. The van der Waals surface area contributed by atoms with Crippen LogP contribution in [0.3, 0.4) is 0 Å². The molecule has 1 aromatic rings. The third-order valence-electron chi connectivity index (χ3n) is 7.30. The fraction of sp³-hybridized carbons (Fsp3) is 0.667. The Balaban J connectivity index is 1.71. The summed E-state index contributed by atoms with van der Waals surface area (Å²) in [6.07, 6.45) is 1.93. The van der Waals surface area contributed by atoms with E-state index in [0.717, 1.165) is 11.8 Å². The fourth-order valence-corrected chi connectivity index (χ4v) is 6.01. The van der Waals surface area contributed by atoms with Gasteiger partial charge in [0.2, 0.25) is 21.8 Å². The molecule has 1 aromatic carbocycles. The number of amides is 2. The highest BCUT2D eigenvalue weighted by molar-refractivity contribution is 7.88. The number of sulfonamides is 1. The molecular weight excluding hydrogens is 478 g/mol. The normalized spacial score (nSPS) is 26.5. The molecule has 0 saturated carbocycles. The van der Waals surface area contributed by atoms with Gasteiger partial charge in [-0.3, -0.25) is 9.59 Å². The highest BCUT2D eigenvalue weighted by Gasteiger charge is 2.50. The lowest BCUT2D eigenvalue weighted by atomic mass is 9.66. The van der Waals surface area contributed by atoms with Crippen LogP contribution < -0.4 is 5.32 Å². The molecule has 34 heavy (non-hydrogen) atoms. The minimum Gasteiger partial charge on any atom is -0.384 e. The number of carbonyl (C=O) groups is 2. The second kappa shape index (κ2) is 9.76. The van der Waals surface area contributed by atoms with Crippen LogP contribution in [0.4, 0.5) is 0 Å². The van der Waals surface area contributed by atoms with Crippen LogP contribution in [0.5, 0.6) is 0 Å². The molecule has 2 aliphatic rings. The van der Waals surface area contributed by atoms with Gasteiger partial charge in [-0.2, -0.15) is 0 Å². The van der Waals surface area contributed by atoms with Crippen LogP contribution in [0.1, 0.15) is 46.1 Å². The molecule has 10 heteroatoms. The SMILES string of the molecule is CC(C)[C@@H](NC(=O)[C@@H]1CCN(S(C)(=O)=O)C1)C(=O)N1CC[C@](O)(c2ccc(Cl)cc2)C(C)(C)C1. The Bertz CT molecular complexity index is 1030. The third kappa shape index (κ3) is 5.42. The molecule has 0 bridgehead atoms. The van der Waals surface area contributed by atoms with Gasteiger partial charge in [-0.05, 0) is 36.5 Å². The topological polar surface area (TPSA) is 107 Å². The number of carbonyl (C=O) groups excluding carboxylic acids is 2. The first-order valence-electron chi connectivity index (χ1n) is 11.7. The van der Waals surface area contributed by atoms with Gasteiger partial charge < -0.3 is 15.3 Å². The summed E-state index contributed by atoms with van der Waals surface area (Å²) in [5, 5.41) is 15.1. The Morgan fingerprint density at radius 2 is 1.79 bits per heavy atom. The quantitative estimate of drug-likeness (QED) is 0.606. The average Bonchev–Trinajstić information content (AvgIpc) is 3.24. The first-order valence-corrected chi connectivity index (χ1v) is 13.9. The van der Waals surface area contributed by atoms with Crippen LogP contribution in [0.2, 0.25) is 5.02 Å². The summed E-state index contributed by atoms with van der Waals surface area (Å²) in [7, 11) is -3.35. The van der Waals surface area contributed by atoms with E-state index in [1.165, 1.54) is 4.31 Å². The number of benzene rings is 1.